The quantitative estimate of drug-likeness (QED) is 0.382. The van der Waals surface area contributed by atoms with E-state index in [1.54, 1.807) is 18.2 Å². The van der Waals surface area contributed by atoms with Crippen molar-refractivity contribution in [1.82, 2.24) is 10.2 Å². The number of benzene rings is 3. The van der Waals surface area contributed by atoms with E-state index in [0.717, 1.165) is 48.1 Å². The lowest BCUT2D eigenvalue weighted by Gasteiger charge is -2.44. The van der Waals surface area contributed by atoms with Gasteiger partial charge in [-0.1, -0.05) is 54.4 Å². The van der Waals surface area contributed by atoms with Gasteiger partial charge in [-0.25, -0.2) is 0 Å². The molecule has 2 fully saturated rings. The summed E-state index contributed by atoms with van der Waals surface area (Å²) in [5, 5.41) is 3.05. The highest BCUT2D eigenvalue weighted by Crippen LogP contribution is 2.35. The van der Waals surface area contributed by atoms with Crippen molar-refractivity contribution in [3.05, 3.63) is 100 Å². The maximum Gasteiger partial charge on any atom is 0.289 e. The minimum atomic E-state index is -0.212. The summed E-state index contributed by atoms with van der Waals surface area (Å²) in [6.45, 7) is 5.63. The van der Waals surface area contributed by atoms with E-state index >= 15 is 0 Å². The maximum absolute atomic E-state index is 13.6. The molecule has 41 heavy (non-hydrogen) atoms. The van der Waals surface area contributed by atoms with E-state index in [1.165, 1.54) is 5.56 Å². The zero-order valence-corrected chi connectivity index (χ0v) is 23.6. The van der Waals surface area contributed by atoms with Gasteiger partial charge >= 0.3 is 0 Å². The van der Waals surface area contributed by atoms with Gasteiger partial charge in [-0.2, -0.15) is 0 Å². The Balaban J connectivity index is 1.15. The lowest BCUT2D eigenvalue weighted by molar-refractivity contribution is -0.149. The minimum Gasteiger partial charge on any atom is -0.486 e. The van der Waals surface area contributed by atoms with Gasteiger partial charge in [-0.15, -0.1) is 0 Å². The van der Waals surface area contributed by atoms with Crippen molar-refractivity contribution in [2.24, 2.45) is 0 Å². The van der Waals surface area contributed by atoms with E-state index in [0.29, 0.717) is 36.8 Å². The van der Waals surface area contributed by atoms with Crippen LogP contribution in [0.25, 0.3) is 6.08 Å². The Morgan fingerprint density at radius 2 is 1.71 bits per heavy atom. The molecule has 1 N–H and O–H groups in total. The molecule has 1 aliphatic carbocycles. The molecular formula is C34H36N2O5. The van der Waals surface area contributed by atoms with Gasteiger partial charge in [0.1, 0.15) is 19.3 Å². The normalized spacial score (nSPS) is 21.6. The van der Waals surface area contributed by atoms with E-state index in [2.05, 4.69) is 36.5 Å². The van der Waals surface area contributed by atoms with Gasteiger partial charge in [-0.3, -0.25) is 9.59 Å². The summed E-state index contributed by atoms with van der Waals surface area (Å²) in [5.41, 5.74) is 4.62. The Hall–Kier alpha value is -4.26. The molecule has 0 aromatic heterocycles. The Morgan fingerprint density at radius 3 is 2.49 bits per heavy atom. The van der Waals surface area contributed by atoms with Gasteiger partial charge in [0.2, 0.25) is 0 Å². The fourth-order valence-corrected chi connectivity index (χ4v) is 5.83. The molecule has 6 rings (SSSR count). The van der Waals surface area contributed by atoms with Crippen LogP contribution in [0.1, 0.15) is 71.3 Å². The van der Waals surface area contributed by atoms with Crippen LogP contribution in [-0.2, 0) is 16.1 Å². The van der Waals surface area contributed by atoms with Crippen molar-refractivity contribution in [2.75, 3.05) is 13.2 Å². The number of rotatable bonds is 6. The van der Waals surface area contributed by atoms with Crippen LogP contribution in [0.5, 0.6) is 11.5 Å². The molecule has 3 atom stereocenters. The molecule has 2 aliphatic heterocycles. The Morgan fingerprint density at radius 1 is 0.976 bits per heavy atom. The number of nitrogens with zero attached hydrogens (tertiary/aromatic N) is 1. The van der Waals surface area contributed by atoms with Crippen LogP contribution in [0.4, 0.5) is 0 Å². The first-order valence-electron chi connectivity index (χ1n) is 14.5. The lowest BCUT2D eigenvalue weighted by Crippen LogP contribution is -2.54. The monoisotopic (exact) mass is 552 g/mol. The fourth-order valence-electron chi connectivity index (χ4n) is 5.83. The SMILES string of the molecule is Cc1ccc(CN2C(=O)/C(=C\c3ccc(C(=O)NC(C)c4ccc5c(c4)OCCO5)cc3)OC3CCCCC32)cc1. The summed E-state index contributed by atoms with van der Waals surface area (Å²) in [7, 11) is 0. The molecule has 3 aliphatic rings. The second-order valence-corrected chi connectivity index (χ2v) is 11.2. The molecule has 2 heterocycles. The largest absolute Gasteiger partial charge is 0.486 e. The number of aryl methyl sites for hydroxylation is 1. The molecule has 2 amide bonds. The summed E-state index contributed by atoms with van der Waals surface area (Å²) in [6, 6.07) is 21.2. The molecule has 0 bridgehead atoms. The first kappa shape index (κ1) is 26.9. The van der Waals surface area contributed by atoms with Gasteiger partial charge in [0.15, 0.2) is 17.3 Å². The van der Waals surface area contributed by atoms with Crippen molar-refractivity contribution in [3.8, 4) is 11.5 Å². The molecule has 0 spiro atoms. The zero-order valence-electron chi connectivity index (χ0n) is 23.6. The summed E-state index contributed by atoms with van der Waals surface area (Å²) in [4.78, 5) is 28.6. The van der Waals surface area contributed by atoms with Crippen LogP contribution in [0.15, 0.2) is 72.5 Å². The van der Waals surface area contributed by atoms with Crippen LogP contribution in [0.2, 0.25) is 0 Å². The summed E-state index contributed by atoms with van der Waals surface area (Å²) in [5.74, 6) is 1.53. The van der Waals surface area contributed by atoms with E-state index < -0.39 is 0 Å². The van der Waals surface area contributed by atoms with E-state index in [1.807, 2.05) is 42.2 Å². The number of carbonyl (C=O) groups excluding carboxylic acids is 2. The average molecular weight is 553 g/mol. The standard InChI is InChI=1S/C34H36N2O5/c1-22-7-9-25(10-8-22)21-36-28-5-3-4-6-29(28)41-32(34(36)38)19-24-11-13-26(14-12-24)33(37)35-23(2)27-15-16-30-31(20-27)40-18-17-39-30/h7-16,19-20,23,28-29H,3-6,17-18,21H2,1-2H3,(H,35,37)/b32-19+. The van der Waals surface area contributed by atoms with E-state index in [9.17, 15) is 9.59 Å². The first-order valence-corrected chi connectivity index (χ1v) is 14.5. The van der Waals surface area contributed by atoms with Crippen molar-refractivity contribution in [2.45, 2.75) is 64.3 Å². The van der Waals surface area contributed by atoms with Gasteiger partial charge in [0, 0.05) is 12.1 Å². The molecular weight excluding hydrogens is 516 g/mol. The average Bonchev–Trinajstić information content (AvgIpc) is 3.00. The van der Waals surface area contributed by atoms with Gasteiger partial charge in [0.05, 0.1) is 12.1 Å². The number of hydrogen-bond donors (Lipinski definition) is 1. The summed E-state index contributed by atoms with van der Waals surface area (Å²) >= 11 is 0. The molecule has 1 saturated heterocycles. The van der Waals surface area contributed by atoms with Gasteiger partial charge in [-0.05, 0) is 80.1 Å². The number of amides is 2. The van der Waals surface area contributed by atoms with Crippen molar-refractivity contribution in [1.29, 1.82) is 0 Å². The van der Waals surface area contributed by atoms with Crippen LogP contribution in [0.3, 0.4) is 0 Å². The lowest BCUT2D eigenvalue weighted by atomic mass is 9.89. The van der Waals surface area contributed by atoms with Crippen LogP contribution in [-0.4, -0.2) is 42.1 Å². The Kier molecular flexibility index (Phi) is 7.68. The van der Waals surface area contributed by atoms with Gasteiger partial charge in [0.25, 0.3) is 11.8 Å². The second kappa shape index (κ2) is 11.7. The molecule has 0 radical (unpaired) electrons. The number of nitrogens with one attached hydrogen (secondary N) is 1. The topological polar surface area (TPSA) is 77.1 Å². The molecule has 3 aromatic rings. The Bertz CT molecular complexity index is 1450. The van der Waals surface area contributed by atoms with E-state index in [4.69, 9.17) is 14.2 Å². The van der Waals surface area contributed by atoms with Crippen LogP contribution in [0, 0.1) is 6.92 Å². The highest BCUT2D eigenvalue weighted by Gasteiger charge is 2.41. The molecule has 3 aromatic carbocycles. The molecule has 3 unspecified atom stereocenters. The molecule has 7 heteroatoms. The number of morpholine rings is 1. The van der Waals surface area contributed by atoms with Gasteiger partial charge < -0.3 is 24.4 Å². The van der Waals surface area contributed by atoms with Crippen LogP contribution < -0.4 is 14.8 Å². The molecule has 1 saturated carbocycles. The zero-order chi connectivity index (χ0) is 28.3. The van der Waals surface area contributed by atoms with Crippen molar-refractivity contribution < 1.29 is 23.8 Å². The highest BCUT2D eigenvalue weighted by atomic mass is 16.6. The smallest absolute Gasteiger partial charge is 0.289 e. The summed E-state index contributed by atoms with van der Waals surface area (Å²) in [6.07, 6.45) is 5.93. The molecule has 212 valence electrons. The Labute approximate surface area is 241 Å². The second-order valence-electron chi connectivity index (χ2n) is 11.2. The first-order chi connectivity index (χ1) is 19.9. The van der Waals surface area contributed by atoms with Crippen molar-refractivity contribution in [3.63, 3.8) is 0 Å². The fraction of sp³-hybridized carbons (Fsp3) is 0.353. The van der Waals surface area contributed by atoms with Crippen LogP contribution >= 0.6 is 0 Å². The third kappa shape index (κ3) is 5.94. The molecule has 7 nitrogen and oxygen atoms in total. The predicted molar refractivity (Wildman–Crippen MR) is 157 cm³/mol. The highest BCUT2D eigenvalue weighted by molar-refractivity contribution is 5.97. The third-order valence-electron chi connectivity index (χ3n) is 8.18. The third-order valence-corrected chi connectivity index (χ3v) is 8.18. The maximum atomic E-state index is 13.6. The minimum absolute atomic E-state index is 0.00486. The van der Waals surface area contributed by atoms with E-state index in [-0.39, 0.29) is 30.0 Å². The number of fused-ring (bicyclic) bond motifs is 2. The summed E-state index contributed by atoms with van der Waals surface area (Å²) < 4.78 is 17.6. The number of ether oxygens (including phenoxy) is 3. The number of carbonyl (C=O) groups is 2. The van der Waals surface area contributed by atoms with Crippen molar-refractivity contribution >= 4 is 17.9 Å². The number of hydrogen-bond acceptors (Lipinski definition) is 5. The predicted octanol–water partition coefficient (Wildman–Crippen LogP) is 5.97.